The average molecular weight is 525 g/mol. The van der Waals surface area contributed by atoms with Crippen LogP contribution < -0.4 is 0 Å². The highest BCUT2D eigenvalue weighted by atomic mass is 16.6. The van der Waals surface area contributed by atoms with E-state index in [0.717, 1.165) is 38.5 Å². The molecule has 5 nitrogen and oxygen atoms in total. The van der Waals surface area contributed by atoms with Gasteiger partial charge in [0.15, 0.2) is 6.10 Å². The number of carbonyl (C=O) groups excluding carboxylic acids is 2. The molecule has 0 aliphatic rings. The molecule has 0 saturated carbocycles. The van der Waals surface area contributed by atoms with Crippen LogP contribution in [0.4, 0.5) is 0 Å². The first kappa shape index (κ1) is 34.8. The summed E-state index contributed by atoms with van der Waals surface area (Å²) in [4.78, 5) is 23.9. The van der Waals surface area contributed by atoms with Gasteiger partial charge in [0.05, 0.1) is 6.61 Å². The van der Waals surface area contributed by atoms with Crippen molar-refractivity contribution in [3.8, 4) is 0 Å². The maximum absolute atomic E-state index is 12.0. The molecule has 0 amide bonds. The molecule has 38 heavy (non-hydrogen) atoms. The maximum Gasteiger partial charge on any atom is 0.306 e. The quantitative estimate of drug-likeness (QED) is 0.0676. The third-order valence-corrected chi connectivity index (χ3v) is 5.00. The fourth-order valence-electron chi connectivity index (χ4n) is 2.96. The van der Waals surface area contributed by atoms with Gasteiger partial charge in [-0.1, -0.05) is 111 Å². The second-order valence-electron chi connectivity index (χ2n) is 8.48. The minimum absolute atomic E-state index is 0.131. The first-order chi connectivity index (χ1) is 18.6. The van der Waals surface area contributed by atoms with Gasteiger partial charge in [-0.2, -0.15) is 0 Å². The summed E-state index contributed by atoms with van der Waals surface area (Å²) in [5.74, 6) is -0.760. The third kappa shape index (κ3) is 25.9. The lowest BCUT2D eigenvalue weighted by atomic mass is 10.2. The Hall–Kier alpha value is -3.18. The highest BCUT2D eigenvalue weighted by molar-refractivity contribution is 5.70. The Kier molecular flexibility index (Phi) is 26.0. The topological polar surface area (TPSA) is 72.8 Å². The van der Waals surface area contributed by atoms with Crippen LogP contribution >= 0.6 is 0 Å². The number of aliphatic hydroxyl groups excluding tert-OH is 1. The van der Waals surface area contributed by atoms with Gasteiger partial charge in [0.1, 0.15) is 6.61 Å². The Balaban J connectivity index is 3.91. The largest absolute Gasteiger partial charge is 0.462 e. The summed E-state index contributed by atoms with van der Waals surface area (Å²) in [5, 5.41) is 9.43. The number of hydrogen-bond acceptors (Lipinski definition) is 5. The van der Waals surface area contributed by atoms with Crippen LogP contribution in [0.25, 0.3) is 0 Å². The zero-order chi connectivity index (χ0) is 27.9. The zero-order valence-electron chi connectivity index (χ0n) is 23.4. The predicted octanol–water partition coefficient (Wildman–Crippen LogP) is 7.82. The number of carbonyl (C=O) groups is 2. The molecule has 0 aliphatic heterocycles. The van der Waals surface area contributed by atoms with Gasteiger partial charge in [0, 0.05) is 12.8 Å². The minimum Gasteiger partial charge on any atom is -0.462 e. The van der Waals surface area contributed by atoms with Gasteiger partial charge in [-0.05, 0) is 51.4 Å². The molecule has 0 fully saturated rings. The first-order valence-electron chi connectivity index (χ1n) is 13.9. The van der Waals surface area contributed by atoms with Crippen LogP contribution in [0.15, 0.2) is 97.2 Å². The molecule has 0 rings (SSSR count). The van der Waals surface area contributed by atoms with Gasteiger partial charge < -0.3 is 14.6 Å². The molecule has 0 saturated heterocycles. The molecule has 1 unspecified atom stereocenters. The first-order valence-corrected chi connectivity index (χ1v) is 13.9. The lowest BCUT2D eigenvalue weighted by molar-refractivity contribution is -0.161. The molecule has 0 heterocycles. The van der Waals surface area contributed by atoms with Crippen molar-refractivity contribution in [1.29, 1.82) is 0 Å². The van der Waals surface area contributed by atoms with E-state index in [0.29, 0.717) is 12.8 Å². The number of aliphatic hydroxyl groups is 1. The van der Waals surface area contributed by atoms with E-state index in [2.05, 4.69) is 56.4 Å². The number of allylic oxidation sites excluding steroid dienone is 16. The van der Waals surface area contributed by atoms with Crippen molar-refractivity contribution in [2.45, 2.75) is 84.2 Å². The fourth-order valence-corrected chi connectivity index (χ4v) is 2.96. The van der Waals surface area contributed by atoms with Gasteiger partial charge in [0.2, 0.25) is 0 Å². The van der Waals surface area contributed by atoms with Gasteiger partial charge >= 0.3 is 11.9 Å². The Morgan fingerprint density at radius 1 is 0.632 bits per heavy atom. The van der Waals surface area contributed by atoms with E-state index in [4.69, 9.17) is 9.47 Å². The molecule has 0 aromatic carbocycles. The van der Waals surface area contributed by atoms with Crippen molar-refractivity contribution < 1.29 is 24.2 Å². The number of esters is 2. The van der Waals surface area contributed by atoms with E-state index in [1.165, 1.54) is 0 Å². The van der Waals surface area contributed by atoms with Crippen molar-refractivity contribution in [2.24, 2.45) is 0 Å². The SMILES string of the molecule is CC/C=C/C=C/C=C/C=C/C=C/CCCC(=O)OCC(CO)OC(=O)CCC/C=C/C/C=C/C/C=C/CC. The van der Waals surface area contributed by atoms with Crippen LogP contribution in [0.5, 0.6) is 0 Å². The highest BCUT2D eigenvalue weighted by Gasteiger charge is 2.15. The third-order valence-electron chi connectivity index (χ3n) is 5.00. The molecule has 210 valence electrons. The highest BCUT2D eigenvalue weighted by Crippen LogP contribution is 2.05. The van der Waals surface area contributed by atoms with E-state index in [9.17, 15) is 14.7 Å². The van der Waals surface area contributed by atoms with Crippen molar-refractivity contribution in [1.82, 2.24) is 0 Å². The molecule has 0 aromatic heterocycles. The van der Waals surface area contributed by atoms with E-state index in [-0.39, 0.29) is 32.0 Å². The van der Waals surface area contributed by atoms with Crippen LogP contribution in [0.3, 0.4) is 0 Å². The molecule has 0 bridgehead atoms. The second kappa shape index (κ2) is 28.4. The summed E-state index contributed by atoms with van der Waals surface area (Å²) >= 11 is 0. The van der Waals surface area contributed by atoms with Crippen LogP contribution in [-0.2, 0) is 19.1 Å². The molecule has 0 radical (unpaired) electrons. The molecule has 0 aromatic rings. The van der Waals surface area contributed by atoms with Crippen LogP contribution in [0, 0.1) is 0 Å². The molecule has 1 N–H and O–H groups in total. The molecule has 1 atom stereocenters. The summed E-state index contributed by atoms with van der Waals surface area (Å²) in [6.07, 6.45) is 39.0. The summed E-state index contributed by atoms with van der Waals surface area (Å²) < 4.78 is 10.4. The molecule has 0 spiro atoms. The van der Waals surface area contributed by atoms with Crippen molar-refractivity contribution in [2.75, 3.05) is 13.2 Å². The van der Waals surface area contributed by atoms with Gasteiger partial charge in [-0.3, -0.25) is 9.59 Å². The van der Waals surface area contributed by atoms with Gasteiger partial charge in [-0.15, -0.1) is 0 Å². The zero-order valence-corrected chi connectivity index (χ0v) is 23.4. The average Bonchev–Trinajstić information content (AvgIpc) is 2.92. The number of ether oxygens (including phenoxy) is 2. The summed E-state index contributed by atoms with van der Waals surface area (Å²) in [5.41, 5.74) is 0. The van der Waals surface area contributed by atoms with E-state index in [1.54, 1.807) is 0 Å². The van der Waals surface area contributed by atoms with E-state index >= 15 is 0 Å². The van der Waals surface area contributed by atoms with Crippen LogP contribution in [-0.4, -0.2) is 36.4 Å². The smallest absolute Gasteiger partial charge is 0.306 e. The summed E-state index contributed by atoms with van der Waals surface area (Å²) in [6, 6.07) is 0. The normalized spacial score (nSPS) is 13.7. The number of rotatable bonds is 22. The van der Waals surface area contributed by atoms with Gasteiger partial charge in [-0.25, -0.2) is 0 Å². The molecule has 0 aliphatic carbocycles. The lowest BCUT2D eigenvalue weighted by Gasteiger charge is -2.15. The minimum atomic E-state index is -0.829. The number of unbranched alkanes of at least 4 members (excludes halogenated alkanes) is 2. The predicted molar refractivity (Wildman–Crippen MR) is 159 cm³/mol. The second-order valence-corrected chi connectivity index (χ2v) is 8.48. The Labute approximate surface area is 230 Å². The fraction of sp³-hybridized carbons (Fsp3) is 0.455. The molecular weight excluding hydrogens is 476 g/mol. The van der Waals surface area contributed by atoms with E-state index < -0.39 is 12.1 Å². The van der Waals surface area contributed by atoms with Gasteiger partial charge in [0.25, 0.3) is 0 Å². The van der Waals surface area contributed by atoms with Crippen LogP contribution in [0.2, 0.25) is 0 Å². The van der Waals surface area contributed by atoms with Crippen LogP contribution in [0.1, 0.15) is 78.1 Å². The molecular formula is C33H48O5. The van der Waals surface area contributed by atoms with Crippen molar-refractivity contribution in [3.63, 3.8) is 0 Å². The van der Waals surface area contributed by atoms with Crippen molar-refractivity contribution >= 4 is 11.9 Å². The molecule has 5 heteroatoms. The van der Waals surface area contributed by atoms with Crippen molar-refractivity contribution in [3.05, 3.63) is 97.2 Å². The van der Waals surface area contributed by atoms with E-state index in [1.807, 2.05) is 54.7 Å². The standard InChI is InChI=1S/C33H48O5/c1-3-5-7-9-11-13-15-16-18-19-21-23-25-27-32(35)37-30-31(29-34)38-33(36)28-26-24-22-20-17-14-12-10-8-6-4-2/h5-9,11-16,18-22,31,34H,3-4,10,17,23-30H2,1-2H3/b7-5+,8-6+,11-9+,14-12+,15-13+,18-16+,21-19+,22-20+. The Morgan fingerprint density at radius 2 is 1.13 bits per heavy atom. The lowest BCUT2D eigenvalue weighted by Crippen LogP contribution is -2.28. The summed E-state index contributed by atoms with van der Waals surface area (Å²) in [7, 11) is 0. The Bertz CT molecular complexity index is 824. The Morgan fingerprint density at radius 3 is 1.74 bits per heavy atom. The summed E-state index contributed by atoms with van der Waals surface area (Å²) in [6.45, 7) is 3.70. The monoisotopic (exact) mass is 524 g/mol. The maximum atomic E-state index is 12.0. The number of hydrogen-bond donors (Lipinski definition) is 1.